The number of nitrogens with one attached hydrogen (secondary N) is 1. The van der Waals surface area contributed by atoms with Gasteiger partial charge < -0.3 is 5.73 Å². The molecule has 3 N–H and O–H groups in total. The minimum Gasteiger partial charge on any atom is -0.382 e. The molecule has 0 atom stereocenters. The molecule has 0 aliphatic heterocycles. The maximum Gasteiger partial charge on any atom is 0.294 e. The summed E-state index contributed by atoms with van der Waals surface area (Å²) in [4.78, 5) is 11.9. The maximum absolute atomic E-state index is 11.9. The van der Waals surface area contributed by atoms with E-state index in [-0.39, 0.29) is 17.1 Å². The zero-order chi connectivity index (χ0) is 14.7. The lowest BCUT2D eigenvalue weighted by atomic mass is 10.3. The van der Waals surface area contributed by atoms with Gasteiger partial charge in [0.2, 0.25) is 0 Å². The fraction of sp³-hybridized carbons (Fsp3) is 0. The van der Waals surface area contributed by atoms with Crippen molar-refractivity contribution >= 4 is 17.2 Å². The molecule has 6 heteroatoms. The van der Waals surface area contributed by atoms with Gasteiger partial charge in [0, 0.05) is 0 Å². The topological polar surface area (TPSA) is 88.5 Å². The SMILES string of the molecule is Nc1c(N=Nc2ccccc2)c(=O)[nH]n1-c1ccccc1. The first kappa shape index (κ1) is 12.9. The van der Waals surface area contributed by atoms with Gasteiger partial charge in [-0.1, -0.05) is 36.4 Å². The van der Waals surface area contributed by atoms with Gasteiger partial charge in [-0.15, -0.1) is 5.11 Å². The highest BCUT2D eigenvalue weighted by Crippen LogP contribution is 2.22. The van der Waals surface area contributed by atoms with Crippen LogP contribution in [-0.4, -0.2) is 9.78 Å². The van der Waals surface area contributed by atoms with Crippen LogP contribution in [0.1, 0.15) is 0 Å². The fourth-order valence-corrected chi connectivity index (χ4v) is 1.92. The molecule has 3 aromatic rings. The molecule has 21 heavy (non-hydrogen) atoms. The fourth-order valence-electron chi connectivity index (χ4n) is 1.92. The lowest BCUT2D eigenvalue weighted by Gasteiger charge is -2.03. The molecule has 0 amide bonds. The van der Waals surface area contributed by atoms with Crippen LogP contribution in [0.3, 0.4) is 0 Å². The highest BCUT2D eigenvalue weighted by Gasteiger charge is 2.12. The lowest BCUT2D eigenvalue weighted by molar-refractivity contribution is 0.874. The second-order valence-corrected chi connectivity index (χ2v) is 4.38. The van der Waals surface area contributed by atoms with Crippen molar-refractivity contribution in [3.8, 4) is 5.69 Å². The van der Waals surface area contributed by atoms with Gasteiger partial charge >= 0.3 is 0 Å². The monoisotopic (exact) mass is 279 g/mol. The number of hydrogen-bond acceptors (Lipinski definition) is 4. The van der Waals surface area contributed by atoms with E-state index in [0.29, 0.717) is 5.69 Å². The number of nitrogens with two attached hydrogens (primary N) is 1. The summed E-state index contributed by atoms with van der Waals surface area (Å²) in [5, 5.41) is 10.6. The Labute approximate surface area is 120 Å². The van der Waals surface area contributed by atoms with Gasteiger partial charge in [0.05, 0.1) is 11.4 Å². The molecule has 0 saturated heterocycles. The number of aromatic nitrogens is 2. The normalized spacial score (nSPS) is 11.0. The van der Waals surface area contributed by atoms with E-state index in [0.717, 1.165) is 5.69 Å². The predicted octanol–water partition coefficient (Wildman–Crippen LogP) is 3.16. The second kappa shape index (κ2) is 5.46. The summed E-state index contributed by atoms with van der Waals surface area (Å²) >= 11 is 0. The molecule has 2 aromatic carbocycles. The van der Waals surface area contributed by atoms with Crippen molar-refractivity contribution in [2.75, 3.05) is 5.73 Å². The molecule has 0 fully saturated rings. The number of nitrogen functional groups attached to an aromatic ring is 1. The summed E-state index contributed by atoms with van der Waals surface area (Å²) in [6.45, 7) is 0. The van der Waals surface area contributed by atoms with Crippen molar-refractivity contribution in [3.63, 3.8) is 0 Å². The number of azo groups is 1. The first-order valence-corrected chi connectivity index (χ1v) is 6.38. The van der Waals surface area contributed by atoms with Crippen LogP contribution in [0.2, 0.25) is 0 Å². The molecule has 0 aliphatic rings. The van der Waals surface area contributed by atoms with Gasteiger partial charge in [0.1, 0.15) is 0 Å². The van der Waals surface area contributed by atoms with Gasteiger partial charge in [0.25, 0.3) is 5.56 Å². The van der Waals surface area contributed by atoms with Crippen LogP contribution < -0.4 is 11.3 Å². The molecule has 0 radical (unpaired) electrons. The van der Waals surface area contributed by atoms with Crippen molar-refractivity contribution in [1.82, 2.24) is 9.78 Å². The van der Waals surface area contributed by atoms with Crippen molar-refractivity contribution in [1.29, 1.82) is 0 Å². The van der Waals surface area contributed by atoms with Crippen molar-refractivity contribution in [3.05, 3.63) is 71.0 Å². The molecule has 1 aromatic heterocycles. The van der Waals surface area contributed by atoms with Crippen LogP contribution in [0.4, 0.5) is 17.2 Å². The number of benzene rings is 2. The Kier molecular flexibility index (Phi) is 3.34. The van der Waals surface area contributed by atoms with E-state index >= 15 is 0 Å². The highest BCUT2D eigenvalue weighted by molar-refractivity contribution is 5.60. The summed E-state index contributed by atoms with van der Waals surface area (Å²) in [5.74, 6) is 0.228. The van der Waals surface area contributed by atoms with Crippen LogP contribution in [0, 0.1) is 0 Å². The average molecular weight is 279 g/mol. The van der Waals surface area contributed by atoms with Crippen LogP contribution >= 0.6 is 0 Å². The van der Waals surface area contributed by atoms with Gasteiger partial charge in [-0.2, -0.15) is 5.11 Å². The van der Waals surface area contributed by atoms with Crippen molar-refractivity contribution < 1.29 is 0 Å². The maximum atomic E-state index is 11.9. The van der Waals surface area contributed by atoms with Crippen LogP contribution in [-0.2, 0) is 0 Å². The standard InChI is InChI=1S/C15H13N5O/c16-14-13(18-17-11-7-3-1-4-8-11)15(21)19-20(14)12-9-5-2-6-10-12/h1-10H,16H2,(H,19,21). The minimum atomic E-state index is -0.379. The Morgan fingerprint density at radius 3 is 2.19 bits per heavy atom. The Bertz CT molecular complexity index is 818. The number of aromatic amines is 1. The molecule has 0 spiro atoms. The molecular formula is C15H13N5O. The Morgan fingerprint density at radius 1 is 0.905 bits per heavy atom. The number of H-pyrrole nitrogens is 1. The minimum absolute atomic E-state index is 0.0997. The predicted molar refractivity (Wildman–Crippen MR) is 81.4 cm³/mol. The van der Waals surface area contributed by atoms with E-state index < -0.39 is 0 Å². The van der Waals surface area contributed by atoms with Crippen LogP contribution in [0.15, 0.2) is 75.7 Å². The van der Waals surface area contributed by atoms with Gasteiger partial charge in [-0.05, 0) is 24.3 Å². The largest absolute Gasteiger partial charge is 0.382 e. The van der Waals surface area contributed by atoms with Gasteiger partial charge in [0.15, 0.2) is 11.5 Å². The summed E-state index contributed by atoms with van der Waals surface area (Å²) in [6, 6.07) is 18.4. The first-order valence-electron chi connectivity index (χ1n) is 6.38. The molecule has 0 unspecified atom stereocenters. The van der Waals surface area contributed by atoms with Gasteiger partial charge in [-0.25, -0.2) is 4.68 Å². The number of anilines is 1. The summed E-state index contributed by atoms with van der Waals surface area (Å²) < 4.78 is 1.49. The molecular weight excluding hydrogens is 266 g/mol. The molecule has 0 bridgehead atoms. The number of rotatable bonds is 3. The summed E-state index contributed by atoms with van der Waals surface area (Å²) in [7, 11) is 0. The van der Waals surface area contributed by atoms with Gasteiger partial charge in [-0.3, -0.25) is 9.89 Å². The zero-order valence-corrected chi connectivity index (χ0v) is 11.1. The molecule has 6 nitrogen and oxygen atoms in total. The quantitative estimate of drug-likeness (QED) is 0.721. The Balaban J connectivity index is 2.00. The summed E-state index contributed by atoms with van der Waals surface area (Å²) in [5.41, 5.74) is 7.11. The molecule has 1 heterocycles. The van der Waals surface area contributed by atoms with Crippen LogP contribution in [0.5, 0.6) is 0 Å². The molecule has 104 valence electrons. The third kappa shape index (κ3) is 2.59. The third-order valence-corrected chi connectivity index (χ3v) is 2.95. The average Bonchev–Trinajstić information content (AvgIpc) is 2.82. The molecule has 0 saturated carbocycles. The zero-order valence-electron chi connectivity index (χ0n) is 11.1. The molecule has 0 aliphatic carbocycles. The highest BCUT2D eigenvalue weighted by atomic mass is 16.1. The number of hydrogen-bond donors (Lipinski definition) is 2. The second-order valence-electron chi connectivity index (χ2n) is 4.38. The van der Waals surface area contributed by atoms with E-state index in [2.05, 4.69) is 15.3 Å². The number of para-hydroxylation sites is 1. The third-order valence-electron chi connectivity index (χ3n) is 2.95. The van der Waals surface area contributed by atoms with E-state index in [1.165, 1.54) is 4.68 Å². The summed E-state index contributed by atoms with van der Waals surface area (Å²) in [6.07, 6.45) is 0. The van der Waals surface area contributed by atoms with E-state index in [1.54, 1.807) is 12.1 Å². The Hall–Kier alpha value is -3.15. The van der Waals surface area contributed by atoms with Crippen molar-refractivity contribution in [2.24, 2.45) is 10.2 Å². The van der Waals surface area contributed by atoms with E-state index in [9.17, 15) is 4.79 Å². The smallest absolute Gasteiger partial charge is 0.294 e. The first-order chi connectivity index (χ1) is 10.3. The molecule has 3 rings (SSSR count). The van der Waals surface area contributed by atoms with E-state index in [1.807, 2.05) is 48.5 Å². The number of nitrogens with zero attached hydrogens (tertiary/aromatic N) is 3. The van der Waals surface area contributed by atoms with Crippen molar-refractivity contribution in [2.45, 2.75) is 0 Å². The van der Waals surface area contributed by atoms with E-state index in [4.69, 9.17) is 5.73 Å². The van der Waals surface area contributed by atoms with Crippen LogP contribution in [0.25, 0.3) is 5.69 Å². The lowest BCUT2D eigenvalue weighted by Crippen LogP contribution is -2.04. The Morgan fingerprint density at radius 2 is 1.52 bits per heavy atom.